The summed E-state index contributed by atoms with van der Waals surface area (Å²) in [4.78, 5) is 0. The van der Waals surface area contributed by atoms with Crippen LogP contribution < -0.4 is 5.32 Å². The molecule has 1 aliphatic carbocycles. The van der Waals surface area contributed by atoms with Crippen LogP contribution in [0.3, 0.4) is 0 Å². The van der Waals surface area contributed by atoms with Gasteiger partial charge in [-0.25, -0.2) is 0 Å². The first kappa shape index (κ1) is 15.4. The lowest BCUT2D eigenvalue weighted by molar-refractivity contribution is 0.280. The van der Waals surface area contributed by atoms with Crippen LogP contribution >= 0.6 is 34.8 Å². The van der Waals surface area contributed by atoms with Gasteiger partial charge in [0, 0.05) is 23.2 Å². The van der Waals surface area contributed by atoms with E-state index in [9.17, 15) is 0 Å². The minimum Gasteiger partial charge on any atom is -0.310 e. The van der Waals surface area contributed by atoms with Crippen LogP contribution in [0.4, 0.5) is 0 Å². The first-order chi connectivity index (χ1) is 9.09. The topological polar surface area (TPSA) is 12.0 Å². The van der Waals surface area contributed by atoms with Crippen molar-refractivity contribution >= 4 is 34.8 Å². The van der Waals surface area contributed by atoms with Gasteiger partial charge in [-0.05, 0) is 37.8 Å². The fourth-order valence-electron chi connectivity index (χ4n) is 2.79. The summed E-state index contributed by atoms with van der Waals surface area (Å²) < 4.78 is 0. The van der Waals surface area contributed by atoms with Crippen LogP contribution in [0.15, 0.2) is 12.1 Å². The molecule has 1 aromatic carbocycles. The van der Waals surface area contributed by atoms with Gasteiger partial charge in [0.15, 0.2) is 0 Å². The molecule has 0 bridgehead atoms. The van der Waals surface area contributed by atoms with Crippen molar-refractivity contribution in [3.63, 3.8) is 0 Å². The molecule has 106 valence electrons. The minimum atomic E-state index is 0.492. The number of benzene rings is 1. The average Bonchev–Trinajstić information content (AvgIpc) is 2.44. The molecular weight excluding hydrogens is 301 g/mol. The van der Waals surface area contributed by atoms with E-state index in [1.54, 1.807) is 12.1 Å². The maximum Gasteiger partial charge on any atom is 0.0652 e. The van der Waals surface area contributed by atoms with Crippen molar-refractivity contribution in [3.05, 3.63) is 32.8 Å². The molecule has 0 spiro atoms. The smallest absolute Gasteiger partial charge is 0.0652 e. The zero-order chi connectivity index (χ0) is 13.8. The summed E-state index contributed by atoms with van der Waals surface area (Å²) >= 11 is 18.4. The Morgan fingerprint density at radius 1 is 1.11 bits per heavy atom. The lowest BCUT2D eigenvalue weighted by Crippen LogP contribution is -2.34. The second-order valence-electron chi connectivity index (χ2n) is 5.39. The van der Waals surface area contributed by atoms with Crippen LogP contribution in [0.1, 0.15) is 44.6 Å². The summed E-state index contributed by atoms with van der Waals surface area (Å²) in [6.07, 6.45) is 6.75. The highest BCUT2D eigenvalue weighted by Gasteiger charge is 2.20. The predicted octanol–water partition coefficient (Wildman–Crippen LogP) is 5.71. The third-order valence-electron chi connectivity index (χ3n) is 4.10. The number of hydrogen-bond acceptors (Lipinski definition) is 1. The Balaban J connectivity index is 1.96. The summed E-state index contributed by atoms with van der Waals surface area (Å²) in [5, 5.41) is 5.36. The third-order valence-corrected chi connectivity index (χ3v) is 5.29. The molecule has 0 unspecified atom stereocenters. The van der Waals surface area contributed by atoms with Crippen molar-refractivity contribution in [2.75, 3.05) is 0 Å². The Labute approximate surface area is 130 Å². The second kappa shape index (κ2) is 7.17. The molecule has 1 aromatic rings. The van der Waals surface area contributed by atoms with Gasteiger partial charge in [0.2, 0.25) is 0 Å². The maximum absolute atomic E-state index is 6.21. The predicted molar refractivity (Wildman–Crippen MR) is 84.3 cm³/mol. The molecular formula is C15H20Cl3N. The molecule has 0 heterocycles. The third kappa shape index (κ3) is 4.01. The Hall–Kier alpha value is 0.0500. The van der Waals surface area contributed by atoms with Crippen molar-refractivity contribution in [3.8, 4) is 0 Å². The molecule has 1 N–H and O–H groups in total. The van der Waals surface area contributed by atoms with Gasteiger partial charge in [-0.2, -0.15) is 0 Å². The highest BCUT2D eigenvalue weighted by atomic mass is 35.5. The van der Waals surface area contributed by atoms with Gasteiger partial charge in [0.05, 0.1) is 10.0 Å². The molecule has 0 radical (unpaired) electrons. The summed E-state index contributed by atoms with van der Waals surface area (Å²) in [6.45, 7) is 2.93. The number of hydrogen-bond donors (Lipinski definition) is 1. The zero-order valence-electron chi connectivity index (χ0n) is 11.2. The van der Waals surface area contributed by atoms with Gasteiger partial charge in [-0.1, -0.05) is 54.1 Å². The highest BCUT2D eigenvalue weighted by molar-refractivity contribution is 6.44. The van der Waals surface area contributed by atoms with Crippen LogP contribution in [0.2, 0.25) is 15.1 Å². The first-order valence-electron chi connectivity index (χ1n) is 6.95. The molecule has 1 saturated carbocycles. The molecule has 19 heavy (non-hydrogen) atoms. The van der Waals surface area contributed by atoms with Gasteiger partial charge in [0.25, 0.3) is 0 Å². The summed E-state index contributed by atoms with van der Waals surface area (Å²) in [6, 6.07) is 4.03. The van der Waals surface area contributed by atoms with E-state index >= 15 is 0 Å². The van der Waals surface area contributed by atoms with Crippen molar-refractivity contribution < 1.29 is 0 Å². The van der Waals surface area contributed by atoms with E-state index in [2.05, 4.69) is 12.2 Å². The first-order valence-corrected chi connectivity index (χ1v) is 8.08. The summed E-state index contributed by atoms with van der Waals surface area (Å²) in [7, 11) is 0. The van der Waals surface area contributed by atoms with E-state index in [1.165, 1.54) is 32.1 Å². The molecule has 1 aliphatic rings. The molecule has 1 fully saturated rings. The minimum absolute atomic E-state index is 0.492. The van der Waals surface area contributed by atoms with Crippen LogP contribution in [0, 0.1) is 5.92 Å². The van der Waals surface area contributed by atoms with Gasteiger partial charge in [0.1, 0.15) is 0 Å². The fourth-order valence-corrected chi connectivity index (χ4v) is 3.48. The van der Waals surface area contributed by atoms with Gasteiger partial charge >= 0.3 is 0 Å². The summed E-state index contributed by atoms with van der Waals surface area (Å²) in [5.41, 5.74) is 0.901. The Morgan fingerprint density at radius 2 is 1.74 bits per heavy atom. The fraction of sp³-hybridized carbons (Fsp3) is 0.600. The van der Waals surface area contributed by atoms with Crippen molar-refractivity contribution in [2.24, 2.45) is 5.92 Å². The monoisotopic (exact) mass is 319 g/mol. The Morgan fingerprint density at radius 3 is 2.42 bits per heavy atom. The van der Waals surface area contributed by atoms with E-state index < -0.39 is 0 Å². The van der Waals surface area contributed by atoms with E-state index in [-0.39, 0.29) is 0 Å². The molecule has 0 saturated heterocycles. The Kier molecular flexibility index (Phi) is 5.83. The normalized spacial score (nSPS) is 18.5. The molecule has 0 amide bonds. The van der Waals surface area contributed by atoms with Crippen molar-refractivity contribution in [1.82, 2.24) is 5.32 Å². The van der Waals surface area contributed by atoms with Crippen molar-refractivity contribution in [1.29, 1.82) is 0 Å². The molecule has 0 aromatic heterocycles. The van der Waals surface area contributed by atoms with Gasteiger partial charge in [-0.15, -0.1) is 0 Å². The summed E-state index contributed by atoms with van der Waals surface area (Å²) in [5.74, 6) is 0.769. The van der Waals surface area contributed by atoms with Gasteiger partial charge < -0.3 is 5.32 Å². The average molecular weight is 321 g/mol. The second-order valence-corrected chi connectivity index (χ2v) is 6.58. The number of halogens is 3. The van der Waals surface area contributed by atoms with Crippen LogP contribution in [-0.4, -0.2) is 6.04 Å². The molecule has 0 aliphatic heterocycles. The standard InChI is InChI=1S/C15H20Cl3N/c1-10(11-5-3-2-4-6-11)19-9-12-13(16)7-8-14(17)15(12)18/h7-8,10-11,19H,2-6,9H2,1H3/t10-/m1/s1. The van der Waals surface area contributed by atoms with Crippen LogP contribution in [0.25, 0.3) is 0 Å². The number of rotatable bonds is 4. The SMILES string of the molecule is C[C@@H](NCc1c(Cl)ccc(Cl)c1Cl)C1CCCCC1. The molecule has 4 heteroatoms. The Bertz CT molecular complexity index is 428. The molecule has 2 rings (SSSR count). The van der Waals surface area contributed by atoms with E-state index in [0.717, 1.165) is 11.5 Å². The zero-order valence-corrected chi connectivity index (χ0v) is 13.5. The van der Waals surface area contributed by atoms with E-state index in [1.807, 2.05) is 0 Å². The lowest BCUT2D eigenvalue weighted by atomic mass is 9.84. The van der Waals surface area contributed by atoms with Crippen molar-refractivity contribution in [2.45, 2.75) is 51.6 Å². The van der Waals surface area contributed by atoms with Crippen LogP contribution in [-0.2, 0) is 6.54 Å². The van der Waals surface area contributed by atoms with E-state index in [0.29, 0.717) is 27.7 Å². The quantitative estimate of drug-likeness (QED) is 0.701. The number of nitrogens with one attached hydrogen (secondary N) is 1. The van der Waals surface area contributed by atoms with Crippen LogP contribution in [0.5, 0.6) is 0 Å². The maximum atomic E-state index is 6.21. The van der Waals surface area contributed by atoms with Gasteiger partial charge in [-0.3, -0.25) is 0 Å². The molecule has 1 nitrogen and oxygen atoms in total. The lowest BCUT2D eigenvalue weighted by Gasteiger charge is -2.28. The largest absolute Gasteiger partial charge is 0.310 e. The van der Waals surface area contributed by atoms with E-state index in [4.69, 9.17) is 34.8 Å². The highest BCUT2D eigenvalue weighted by Crippen LogP contribution is 2.32. The molecule has 1 atom stereocenters.